The van der Waals surface area contributed by atoms with Crippen LogP contribution in [-0.4, -0.2) is 29.8 Å². The van der Waals surface area contributed by atoms with E-state index in [0.29, 0.717) is 18.9 Å². The number of unbranched alkanes of at least 4 members (excludes halogenated alkanes) is 16. The molecule has 1 rings (SSSR count). The third-order valence-corrected chi connectivity index (χ3v) is 8.96. The maximum atomic E-state index is 12.5. The van der Waals surface area contributed by atoms with Crippen molar-refractivity contribution in [2.75, 3.05) is 6.61 Å². The van der Waals surface area contributed by atoms with E-state index in [1.165, 1.54) is 108 Å². The Morgan fingerprint density at radius 1 is 0.638 bits per heavy atom. The maximum absolute atomic E-state index is 12.5. The largest absolute Gasteiger partial charge is 0.514 e. The van der Waals surface area contributed by atoms with Gasteiger partial charge >= 0.3 is 12.1 Å². The number of nitro groups is 1. The van der Waals surface area contributed by atoms with Crippen molar-refractivity contribution in [2.24, 2.45) is 5.92 Å². The van der Waals surface area contributed by atoms with Gasteiger partial charge in [-0.3, -0.25) is 14.9 Å². The predicted octanol–water partition coefficient (Wildman–Crippen LogP) is 12.5. The van der Waals surface area contributed by atoms with Crippen LogP contribution in [0.1, 0.15) is 181 Å². The first-order chi connectivity index (χ1) is 22.9. The molecule has 0 radical (unpaired) electrons. The first kappa shape index (κ1) is 42.4. The summed E-state index contributed by atoms with van der Waals surface area (Å²) in [4.78, 5) is 35.3. The SMILES string of the molecule is CCCCCCCCCCC(CCCCCCCCC(=O)OCC(CCCC)CCCCCC)OC(=O)Oc1ccc([N+](=O)[O-])cc1. The van der Waals surface area contributed by atoms with Crippen molar-refractivity contribution in [3.63, 3.8) is 0 Å². The Hall–Kier alpha value is -2.64. The molecule has 0 N–H and O–H groups in total. The number of hydrogen-bond acceptors (Lipinski definition) is 7. The molecule has 1 aromatic carbocycles. The Morgan fingerprint density at radius 2 is 1.11 bits per heavy atom. The quantitative estimate of drug-likeness (QED) is 0.0256. The summed E-state index contributed by atoms with van der Waals surface area (Å²) >= 11 is 0. The number of nitrogens with zero attached hydrogens (tertiary/aromatic N) is 1. The molecule has 0 spiro atoms. The van der Waals surface area contributed by atoms with E-state index in [1.54, 1.807) is 0 Å². The highest BCUT2D eigenvalue weighted by molar-refractivity contribution is 5.69. The van der Waals surface area contributed by atoms with Crippen LogP contribution in [0.15, 0.2) is 24.3 Å². The number of esters is 1. The number of rotatable bonds is 31. The molecule has 8 nitrogen and oxygen atoms in total. The zero-order chi connectivity index (χ0) is 34.4. The zero-order valence-electron chi connectivity index (χ0n) is 30.2. The average Bonchev–Trinajstić information content (AvgIpc) is 3.06. The Morgan fingerprint density at radius 3 is 1.66 bits per heavy atom. The molecule has 0 aliphatic rings. The first-order valence-electron chi connectivity index (χ1n) is 19.2. The summed E-state index contributed by atoms with van der Waals surface area (Å²) in [5, 5.41) is 10.9. The van der Waals surface area contributed by atoms with Crippen molar-refractivity contribution in [1.29, 1.82) is 0 Å². The third-order valence-electron chi connectivity index (χ3n) is 8.96. The molecule has 0 aliphatic carbocycles. The van der Waals surface area contributed by atoms with Crippen LogP contribution in [0.3, 0.4) is 0 Å². The highest BCUT2D eigenvalue weighted by atomic mass is 16.7. The molecule has 0 bridgehead atoms. The van der Waals surface area contributed by atoms with Crippen molar-refractivity contribution in [1.82, 2.24) is 0 Å². The lowest BCUT2D eigenvalue weighted by Gasteiger charge is -2.18. The Labute approximate surface area is 286 Å². The number of nitro benzene ring substituents is 1. The fourth-order valence-corrected chi connectivity index (χ4v) is 5.96. The molecule has 0 heterocycles. The zero-order valence-corrected chi connectivity index (χ0v) is 30.2. The fraction of sp³-hybridized carbons (Fsp3) is 0.795. The van der Waals surface area contributed by atoms with Crippen LogP contribution in [-0.2, 0) is 14.3 Å². The number of ether oxygens (including phenoxy) is 3. The second kappa shape index (κ2) is 29.5. The van der Waals surface area contributed by atoms with Crippen LogP contribution in [0, 0.1) is 16.0 Å². The van der Waals surface area contributed by atoms with Gasteiger partial charge in [-0.25, -0.2) is 4.79 Å². The molecule has 2 unspecified atom stereocenters. The molecular weight excluding hydrogens is 594 g/mol. The molecule has 0 aromatic heterocycles. The summed E-state index contributed by atoms with van der Waals surface area (Å²) < 4.78 is 16.7. The average molecular weight is 662 g/mol. The molecule has 1 aromatic rings. The molecule has 2 atom stereocenters. The minimum atomic E-state index is -0.761. The monoisotopic (exact) mass is 661 g/mol. The lowest BCUT2D eigenvalue weighted by molar-refractivity contribution is -0.384. The van der Waals surface area contributed by atoms with Crippen molar-refractivity contribution >= 4 is 17.8 Å². The highest BCUT2D eigenvalue weighted by Gasteiger charge is 2.17. The van der Waals surface area contributed by atoms with Gasteiger partial charge in [0.2, 0.25) is 0 Å². The maximum Gasteiger partial charge on any atom is 0.514 e. The Bertz CT molecular complexity index is 920. The second-order valence-corrected chi connectivity index (χ2v) is 13.3. The van der Waals surface area contributed by atoms with Crippen molar-refractivity contribution in [2.45, 2.75) is 187 Å². The van der Waals surface area contributed by atoms with Gasteiger partial charge in [0.15, 0.2) is 0 Å². The first-order valence-corrected chi connectivity index (χ1v) is 19.2. The molecule has 0 aliphatic heterocycles. The molecule has 0 amide bonds. The fourth-order valence-electron chi connectivity index (χ4n) is 5.96. The van der Waals surface area contributed by atoms with Crippen LogP contribution < -0.4 is 4.74 Å². The summed E-state index contributed by atoms with van der Waals surface area (Å²) in [5.41, 5.74) is -0.0577. The van der Waals surface area contributed by atoms with Gasteiger partial charge in [0.05, 0.1) is 11.5 Å². The van der Waals surface area contributed by atoms with E-state index in [0.717, 1.165) is 70.6 Å². The van der Waals surface area contributed by atoms with E-state index in [9.17, 15) is 19.7 Å². The molecule has 47 heavy (non-hydrogen) atoms. The number of carbonyl (C=O) groups excluding carboxylic acids is 2. The Balaban J connectivity index is 2.33. The predicted molar refractivity (Wildman–Crippen MR) is 191 cm³/mol. The van der Waals surface area contributed by atoms with E-state index < -0.39 is 11.1 Å². The molecular formula is C39H67NO7. The van der Waals surface area contributed by atoms with Gasteiger partial charge in [-0.2, -0.15) is 0 Å². The number of non-ortho nitro benzene ring substituents is 1. The van der Waals surface area contributed by atoms with Crippen LogP contribution in [0.25, 0.3) is 0 Å². The number of carbonyl (C=O) groups is 2. The van der Waals surface area contributed by atoms with Crippen molar-refractivity contribution in [3.05, 3.63) is 34.4 Å². The number of benzene rings is 1. The van der Waals surface area contributed by atoms with E-state index in [4.69, 9.17) is 14.2 Å². The van der Waals surface area contributed by atoms with Crippen LogP contribution >= 0.6 is 0 Å². The topological polar surface area (TPSA) is 105 Å². The van der Waals surface area contributed by atoms with E-state index in [-0.39, 0.29) is 23.5 Å². The minimum Gasteiger partial charge on any atom is -0.465 e. The lowest BCUT2D eigenvalue weighted by Crippen LogP contribution is -2.21. The summed E-state index contributed by atoms with van der Waals surface area (Å²) in [6, 6.07) is 5.44. The van der Waals surface area contributed by atoms with Gasteiger partial charge in [-0.1, -0.05) is 130 Å². The van der Waals surface area contributed by atoms with E-state index >= 15 is 0 Å². The summed E-state index contributed by atoms with van der Waals surface area (Å²) in [6.45, 7) is 7.25. The van der Waals surface area contributed by atoms with Gasteiger partial charge in [0.25, 0.3) is 5.69 Å². The van der Waals surface area contributed by atoms with E-state index in [1.807, 2.05) is 0 Å². The molecule has 0 saturated heterocycles. The summed E-state index contributed by atoms with van der Waals surface area (Å²) in [6.07, 6.45) is 26.7. The molecule has 0 fully saturated rings. The van der Waals surface area contributed by atoms with Gasteiger partial charge in [0.1, 0.15) is 11.9 Å². The molecule has 0 saturated carbocycles. The molecule has 8 heteroatoms. The normalized spacial score (nSPS) is 12.4. The van der Waals surface area contributed by atoms with Crippen molar-refractivity contribution < 1.29 is 28.7 Å². The van der Waals surface area contributed by atoms with E-state index in [2.05, 4.69) is 20.8 Å². The summed E-state index contributed by atoms with van der Waals surface area (Å²) in [7, 11) is 0. The summed E-state index contributed by atoms with van der Waals surface area (Å²) in [5.74, 6) is 0.680. The van der Waals surface area contributed by atoms with Crippen LogP contribution in [0.4, 0.5) is 10.5 Å². The van der Waals surface area contributed by atoms with Crippen molar-refractivity contribution in [3.8, 4) is 5.75 Å². The van der Waals surface area contributed by atoms with Gasteiger partial charge in [-0.15, -0.1) is 0 Å². The molecule has 270 valence electrons. The Kier molecular flexibility index (Phi) is 26.6. The standard InChI is InChI=1S/C39H67NO7/c1-4-7-10-12-13-14-17-21-26-36(46-39(42)47-37-31-29-35(30-32-37)40(43)44)27-22-18-15-16-19-23-28-38(41)45-33-34(24-9-6-3)25-20-11-8-5-2/h29-32,34,36H,4-28,33H2,1-3H3. The van der Waals surface area contributed by atoms with Gasteiger partial charge in [-0.05, 0) is 63.0 Å². The lowest BCUT2D eigenvalue weighted by atomic mass is 9.96. The second-order valence-electron chi connectivity index (χ2n) is 13.3. The minimum absolute atomic E-state index is 0.0541. The van der Waals surface area contributed by atoms with Gasteiger partial charge in [0, 0.05) is 18.6 Å². The van der Waals surface area contributed by atoms with Crippen LogP contribution in [0.5, 0.6) is 5.75 Å². The third kappa shape index (κ3) is 24.2. The highest BCUT2D eigenvalue weighted by Crippen LogP contribution is 2.22. The smallest absolute Gasteiger partial charge is 0.465 e. The van der Waals surface area contributed by atoms with Gasteiger partial charge < -0.3 is 14.2 Å². The number of hydrogen-bond donors (Lipinski definition) is 0. The van der Waals surface area contributed by atoms with Crippen LogP contribution in [0.2, 0.25) is 0 Å².